The maximum Gasteiger partial charge on any atom is 0.416 e. The number of hydrogen-bond acceptors (Lipinski definition) is 3. The zero-order chi connectivity index (χ0) is 20.5. The number of benzene rings is 2. The Bertz CT molecular complexity index is 871. The third-order valence-corrected chi connectivity index (χ3v) is 5.90. The first-order valence-electron chi connectivity index (χ1n) is 8.50. The number of halogens is 3. The molecule has 0 aliphatic heterocycles. The molecule has 0 fully saturated rings. The van der Waals surface area contributed by atoms with Gasteiger partial charge in [-0.1, -0.05) is 26.0 Å². The van der Waals surface area contributed by atoms with Gasteiger partial charge in [0.2, 0.25) is 0 Å². The molecule has 7 heteroatoms. The molecular weight excluding hydrogens is 375 g/mol. The van der Waals surface area contributed by atoms with Gasteiger partial charge in [0.05, 0.1) is 10.5 Å². The highest BCUT2D eigenvalue weighted by Crippen LogP contribution is 2.33. The lowest BCUT2D eigenvalue weighted by Gasteiger charge is -2.29. The smallest absolute Gasteiger partial charge is 0.375 e. The predicted molar refractivity (Wildman–Crippen MR) is 102 cm³/mol. The molecule has 27 heavy (non-hydrogen) atoms. The number of nitrogens with zero attached hydrogens (tertiary/aromatic N) is 1. The Kier molecular flexibility index (Phi) is 5.94. The van der Waals surface area contributed by atoms with Crippen LogP contribution in [-0.4, -0.2) is 28.3 Å². The summed E-state index contributed by atoms with van der Waals surface area (Å²) in [5.41, 5.74) is 0.775. The molecule has 0 N–H and O–H groups in total. The Hall–Kier alpha value is -2.02. The maximum atomic E-state index is 12.7. The van der Waals surface area contributed by atoms with Crippen LogP contribution < -0.4 is 4.90 Å². The molecule has 0 heterocycles. The third-order valence-electron chi connectivity index (χ3n) is 4.77. The molecule has 0 atom stereocenters. The molecule has 0 spiro atoms. The van der Waals surface area contributed by atoms with Gasteiger partial charge >= 0.3 is 6.18 Å². The lowest BCUT2D eigenvalue weighted by Crippen LogP contribution is -2.27. The van der Waals surface area contributed by atoms with Crippen LogP contribution in [0.25, 0.3) is 0 Å². The summed E-state index contributed by atoms with van der Waals surface area (Å²) in [6.45, 7) is 4.67. The minimum Gasteiger partial charge on any atom is -0.375 e. The van der Waals surface area contributed by atoms with E-state index in [-0.39, 0.29) is 10.3 Å². The lowest BCUT2D eigenvalue weighted by atomic mass is 9.81. The van der Waals surface area contributed by atoms with Crippen molar-refractivity contribution in [2.45, 2.75) is 36.8 Å². The van der Waals surface area contributed by atoms with Crippen LogP contribution >= 0.6 is 0 Å². The SMILES string of the molecule is CN(CCC(C)(C)c1ccc(C(F)(F)F)cc1)c1ccc(S(C)(=O)=O)cc1. The minimum atomic E-state index is -4.33. The summed E-state index contributed by atoms with van der Waals surface area (Å²) in [7, 11) is -1.33. The number of alkyl halides is 3. The molecular formula is C20H24F3NO2S. The summed E-state index contributed by atoms with van der Waals surface area (Å²) < 4.78 is 61.2. The van der Waals surface area contributed by atoms with Crippen LogP contribution in [0.15, 0.2) is 53.4 Å². The van der Waals surface area contributed by atoms with E-state index in [9.17, 15) is 21.6 Å². The van der Waals surface area contributed by atoms with Crippen LogP contribution in [0.5, 0.6) is 0 Å². The van der Waals surface area contributed by atoms with E-state index >= 15 is 0 Å². The van der Waals surface area contributed by atoms with E-state index in [2.05, 4.69) is 0 Å². The minimum absolute atomic E-state index is 0.268. The van der Waals surface area contributed by atoms with Gasteiger partial charge in [-0.3, -0.25) is 0 Å². The Labute approximate surface area is 158 Å². The largest absolute Gasteiger partial charge is 0.416 e. The molecule has 0 aromatic heterocycles. The second-order valence-electron chi connectivity index (χ2n) is 7.40. The van der Waals surface area contributed by atoms with E-state index in [0.29, 0.717) is 6.54 Å². The highest BCUT2D eigenvalue weighted by molar-refractivity contribution is 7.90. The van der Waals surface area contributed by atoms with Crippen LogP contribution in [0.4, 0.5) is 18.9 Å². The first-order chi connectivity index (χ1) is 12.3. The van der Waals surface area contributed by atoms with Crippen molar-refractivity contribution in [3.8, 4) is 0 Å². The second-order valence-corrected chi connectivity index (χ2v) is 9.41. The zero-order valence-electron chi connectivity index (χ0n) is 15.8. The summed E-state index contributed by atoms with van der Waals surface area (Å²) in [6, 6.07) is 11.9. The van der Waals surface area contributed by atoms with Crippen molar-refractivity contribution in [1.82, 2.24) is 0 Å². The standard InChI is InChI=1S/C20H24F3NO2S/c1-19(2,15-5-7-16(8-6-15)20(21,22)23)13-14-24(3)17-9-11-18(12-10-17)27(4,25)26/h5-12H,13-14H2,1-4H3. The topological polar surface area (TPSA) is 37.4 Å². The summed E-state index contributed by atoms with van der Waals surface area (Å²) >= 11 is 0. The Morgan fingerprint density at radius 3 is 1.81 bits per heavy atom. The van der Waals surface area contributed by atoms with E-state index in [0.717, 1.165) is 36.1 Å². The van der Waals surface area contributed by atoms with Crippen LogP contribution in [-0.2, 0) is 21.4 Å². The molecule has 148 valence electrons. The fourth-order valence-corrected chi connectivity index (χ4v) is 3.41. The summed E-state index contributed by atoms with van der Waals surface area (Å²) in [6.07, 6.45) is -2.44. The lowest BCUT2D eigenvalue weighted by molar-refractivity contribution is -0.137. The molecule has 0 saturated carbocycles. The van der Waals surface area contributed by atoms with Crippen LogP contribution in [0.3, 0.4) is 0 Å². The maximum absolute atomic E-state index is 12.7. The monoisotopic (exact) mass is 399 g/mol. The van der Waals surface area contributed by atoms with Crippen LogP contribution in [0, 0.1) is 0 Å². The van der Waals surface area contributed by atoms with Crippen molar-refractivity contribution in [3.05, 3.63) is 59.7 Å². The van der Waals surface area contributed by atoms with Gasteiger partial charge in [0.1, 0.15) is 0 Å². The molecule has 0 aliphatic carbocycles. The molecule has 0 aliphatic rings. The summed E-state index contributed by atoms with van der Waals surface area (Å²) in [5.74, 6) is 0. The second kappa shape index (κ2) is 7.54. The number of hydrogen-bond donors (Lipinski definition) is 0. The first kappa shape index (κ1) is 21.3. The summed E-state index contributed by atoms with van der Waals surface area (Å²) in [4.78, 5) is 2.27. The molecule has 2 aromatic rings. The molecule has 0 bridgehead atoms. The first-order valence-corrected chi connectivity index (χ1v) is 10.4. The van der Waals surface area contributed by atoms with E-state index in [1.165, 1.54) is 12.1 Å². The van der Waals surface area contributed by atoms with E-state index in [4.69, 9.17) is 0 Å². The van der Waals surface area contributed by atoms with Gasteiger partial charge in [0, 0.05) is 25.5 Å². The van der Waals surface area contributed by atoms with Gasteiger partial charge in [-0.2, -0.15) is 13.2 Å². The van der Waals surface area contributed by atoms with Gasteiger partial charge in [0.15, 0.2) is 9.84 Å². The van der Waals surface area contributed by atoms with Crippen molar-refractivity contribution < 1.29 is 21.6 Å². The van der Waals surface area contributed by atoms with Gasteiger partial charge in [-0.05, 0) is 53.8 Å². The van der Waals surface area contributed by atoms with E-state index < -0.39 is 21.6 Å². The molecule has 2 rings (SSSR count). The van der Waals surface area contributed by atoms with E-state index in [1.807, 2.05) is 25.8 Å². The fourth-order valence-electron chi connectivity index (χ4n) is 2.78. The normalized spacial score (nSPS) is 12.9. The predicted octanol–water partition coefficient (Wildman–Crippen LogP) is 4.91. The quantitative estimate of drug-likeness (QED) is 0.692. The number of anilines is 1. The molecule has 2 aromatic carbocycles. The Morgan fingerprint density at radius 1 is 0.889 bits per heavy atom. The molecule has 3 nitrogen and oxygen atoms in total. The van der Waals surface area contributed by atoms with Crippen molar-refractivity contribution in [2.75, 3.05) is 24.7 Å². The van der Waals surface area contributed by atoms with Crippen molar-refractivity contribution in [1.29, 1.82) is 0 Å². The average molecular weight is 399 g/mol. The Balaban J connectivity index is 2.05. The molecule has 0 saturated heterocycles. The van der Waals surface area contributed by atoms with Gasteiger partial charge in [-0.25, -0.2) is 8.42 Å². The fraction of sp³-hybridized carbons (Fsp3) is 0.400. The zero-order valence-corrected chi connectivity index (χ0v) is 16.7. The van der Waals surface area contributed by atoms with Gasteiger partial charge in [0.25, 0.3) is 0 Å². The van der Waals surface area contributed by atoms with Crippen LogP contribution in [0.2, 0.25) is 0 Å². The Morgan fingerprint density at radius 2 is 1.37 bits per heavy atom. The van der Waals surface area contributed by atoms with E-state index in [1.54, 1.807) is 24.3 Å². The highest BCUT2D eigenvalue weighted by atomic mass is 32.2. The van der Waals surface area contributed by atoms with Gasteiger partial charge in [-0.15, -0.1) is 0 Å². The van der Waals surface area contributed by atoms with Gasteiger partial charge < -0.3 is 4.90 Å². The third kappa shape index (κ3) is 5.48. The molecule has 0 unspecified atom stereocenters. The van der Waals surface area contributed by atoms with Crippen molar-refractivity contribution in [2.24, 2.45) is 0 Å². The van der Waals surface area contributed by atoms with Crippen LogP contribution in [0.1, 0.15) is 31.4 Å². The average Bonchev–Trinajstić information content (AvgIpc) is 2.58. The number of sulfone groups is 1. The summed E-state index contributed by atoms with van der Waals surface area (Å²) in [5, 5.41) is 0. The molecule has 0 amide bonds. The van der Waals surface area contributed by atoms with Crippen molar-refractivity contribution >= 4 is 15.5 Å². The number of rotatable bonds is 6. The molecule has 0 radical (unpaired) electrons. The van der Waals surface area contributed by atoms with Crippen molar-refractivity contribution in [3.63, 3.8) is 0 Å². The highest BCUT2D eigenvalue weighted by Gasteiger charge is 2.31.